The van der Waals surface area contributed by atoms with Crippen molar-refractivity contribution in [2.75, 3.05) is 7.11 Å². The number of methoxy groups -OCH3 is 1. The zero-order valence-electron chi connectivity index (χ0n) is 9.09. The fourth-order valence-electron chi connectivity index (χ4n) is 0.676. The highest BCUT2D eigenvalue weighted by Crippen LogP contribution is 2.25. The van der Waals surface area contributed by atoms with Crippen LogP contribution in [0, 0.1) is 5.41 Å². The summed E-state index contributed by atoms with van der Waals surface area (Å²) in [6, 6.07) is 0. The predicted molar refractivity (Wildman–Crippen MR) is 57.2 cm³/mol. The summed E-state index contributed by atoms with van der Waals surface area (Å²) in [4.78, 5) is 7.99. The molecule has 0 fully saturated rings. The number of nitrogens with zero attached hydrogens (tertiary/aromatic N) is 2. The summed E-state index contributed by atoms with van der Waals surface area (Å²) in [7, 11) is 1.59. The van der Waals surface area contributed by atoms with Crippen molar-refractivity contribution in [3.8, 4) is 0 Å². The molecule has 0 aliphatic carbocycles. The van der Waals surface area contributed by atoms with Crippen molar-refractivity contribution < 1.29 is 4.74 Å². The van der Waals surface area contributed by atoms with Crippen molar-refractivity contribution in [3.05, 3.63) is 11.9 Å². The van der Waals surface area contributed by atoms with E-state index in [1.807, 2.05) is 0 Å². The first-order valence-electron chi connectivity index (χ1n) is 4.17. The van der Waals surface area contributed by atoms with Gasteiger partial charge in [0.05, 0.1) is 19.0 Å². The molecule has 0 amide bonds. The van der Waals surface area contributed by atoms with E-state index in [0.717, 1.165) is 5.70 Å². The molecule has 0 saturated carbocycles. The van der Waals surface area contributed by atoms with Crippen LogP contribution in [-0.2, 0) is 4.74 Å². The van der Waals surface area contributed by atoms with Gasteiger partial charge in [0, 0.05) is 12.3 Å². The largest absolute Gasteiger partial charge is 0.484 e. The van der Waals surface area contributed by atoms with Crippen molar-refractivity contribution in [2.24, 2.45) is 15.4 Å². The number of hydrogen-bond acceptors (Lipinski definition) is 3. The molecule has 0 bridgehead atoms. The number of allylic oxidation sites excluding steroid dienone is 1. The van der Waals surface area contributed by atoms with Gasteiger partial charge in [0.1, 0.15) is 0 Å². The molecular formula is C10H18N2O. The Kier molecular flexibility index (Phi) is 4.38. The van der Waals surface area contributed by atoms with E-state index in [4.69, 9.17) is 4.74 Å². The van der Waals surface area contributed by atoms with Crippen molar-refractivity contribution in [1.29, 1.82) is 0 Å². The molecule has 0 unspecified atom stereocenters. The molecule has 0 N–H and O–H groups in total. The summed E-state index contributed by atoms with van der Waals surface area (Å²) in [6.45, 7) is 11.5. The van der Waals surface area contributed by atoms with Gasteiger partial charge in [0.2, 0.25) is 0 Å². The fourth-order valence-corrected chi connectivity index (χ4v) is 0.676. The highest BCUT2D eigenvalue weighted by molar-refractivity contribution is 5.73. The third-order valence-corrected chi connectivity index (χ3v) is 1.60. The third-order valence-electron chi connectivity index (χ3n) is 1.60. The first-order valence-corrected chi connectivity index (χ1v) is 4.17. The number of ether oxygens (including phenoxy) is 1. The average Bonchev–Trinajstić information content (AvgIpc) is 2.02. The highest BCUT2D eigenvalue weighted by atomic mass is 16.5. The molecule has 0 aliphatic rings. The Hall–Kier alpha value is -1.12. The van der Waals surface area contributed by atoms with Crippen LogP contribution < -0.4 is 0 Å². The van der Waals surface area contributed by atoms with Gasteiger partial charge in [0.25, 0.3) is 0 Å². The Labute approximate surface area is 80.2 Å². The van der Waals surface area contributed by atoms with E-state index in [1.54, 1.807) is 20.2 Å². The first kappa shape index (κ1) is 11.9. The van der Waals surface area contributed by atoms with Gasteiger partial charge in [-0.1, -0.05) is 20.8 Å². The minimum Gasteiger partial charge on any atom is -0.484 e. The van der Waals surface area contributed by atoms with Crippen molar-refractivity contribution >= 4 is 12.6 Å². The molecule has 3 heteroatoms. The first-order chi connectivity index (χ1) is 5.91. The quantitative estimate of drug-likeness (QED) is 0.477. The molecule has 3 nitrogen and oxygen atoms in total. The predicted octanol–water partition coefficient (Wildman–Crippen LogP) is 2.64. The normalized spacial score (nSPS) is 14.2. The van der Waals surface area contributed by atoms with E-state index in [9.17, 15) is 0 Å². The zero-order valence-corrected chi connectivity index (χ0v) is 9.09. The minimum absolute atomic E-state index is 0.0285. The van der Waals surface area contributed by atoms with E-state index < -0.39 is 0 Å². The Morgan fingerprint density at radius 1 is 1.38 bits per heavy atom. The van der Waals surface area contributed by atoms with Gasteiger partial charge in [0.15, 0.2) is 5.90 Å². The van der Waals surface area contributed by atoms with E-state index in [-0.39, 0.29) is 5.41 Å². The molecule has 0 aromatic heterocycles. The summed E-state index contributed by atoms with van der Waals surface area (Å²) in [5.41, 5.74) is 0.822. The van der Waals surface area contributed by atoms with E-state index in [2.05, 4.69) is 37.5 Å². The smallest absolute Gasteiger partial charge is 0.184 e. The second-order valence-corrected chi connectivity index (χ2v) is 3.77. The van der Waals surface area contributed by atoms with Crippen molar-refractivity contribution in [3.63, 3.8) is 0 Å². The van der Waals surface area contributed by atoms with Gasteiger partial charge in [-0.2, -0.15) is 0 Å². The average molecular weight is 182 g/mol. The van der Waals surface area contributed by atoms with Crippen LogP contribution in [0.25, 0.3) is 0 Å². The molecule has 0 saturated heterocycles. The summed E-state index contributed by atoms with van der Waals surface area (Å²) < 4.78 is 4.90. The van der Waals surface area contributed by atoms with Crippen LogP contribution in [0.4, 0.5) is 0 Å². The maximum Gasteiger partial charge on any atom is 0.184 e. The van der Waals surface area contributed by atoms with Crippen molar-refractivity contribution in [2.45, 2.75) is 27.7 Å². The van der Waals surface area contributed by atoms with Gasteiger partial charge < -0.3 is 4.74 Å². The van der Waals surface area contributed by atoms with Gasteiger partial charge in [-0.15, -0.1) is 0 Å². The lowest BCUT2D eigenvalue weighted by atomic mass is 9.93. The third kappa shape index (κ3) is 4.45. The van der Waals surface area contributed by atoms with Crippen LogP contribution in [0.5, 0.6) is 0 Å². The van der Waals surface area contributed by atoms with Gasteiger partial charge >= 0.3 is 0 Å². The Morgan fingerprint density at radius 2 is 1.92 bits per heavy atom. The molecule has 0 aliphatic heterocycles. The van der Waals surface area contributed by atoms with Gasteiger partial charge in [-0.25, -0.2) is 4.99 Å². The topological polar surface area (TPSA) is 34.0 Å². The van der Waals surface area contributed by atoms with Crippen molar-refractivity contribution in [1.82, 2.24) is 0 Å². The Bertz CT molecular complexity index is 234. The molecular weight excluding hydrogens is 164 g/mol. The van der Waals surface area contributed by atoms with Gasteiger partial charge in [-0.3, -0.25) is 4.99 Å². The lowest BCUT2D eigenvalue weighted by Gasteiger charge is -2.17. The second-order valence-electron chi connectivity index (χ2n) is 3.77. The molecule has 0 atom stereocenters. The lowest BCUT2D eigenvalue weighted by Crippen LogP contribution is -2.07. The van der Waals surface area contributed by atoms with E-state index >= 15 is 0 Å². The summed E-state index contributed by atoms with van der Waals surface area (Å²) in [6.07, 6.45) is 1.69. The lowest BCUT2D eigenvalue weighted by molar-refractivity contribution is 0.399. The molecule has 0 heterocycles. The maximum absolute atomic E-state index is 4.90. The van der Waals surface area contributed by atoms with Crippen LogP contribution in [0.3, 0.4) is 0 Å². The monoisotopic (exact) mass is 182 g/mol. The number of hydrogen-bond donors (Lipinski definition) is 0. The molecule has 74 valence electrons. The molecule has 0 spiro atoms. The van der Waals surface area contributed by atoms with Crippen LogP contribution in [0.2, 0.25) is 0 Å². The minimum atomic E-state index is -0.0285. The molecule has 13 heavy (non-hydrogen) atoms. The van der Waals surface area contributed by atoms with E-state index in [1.165, 1.54) is 0 Å². The summed E-state index contributed by atoms with van der Waals surface area (Å²) >= 11 is 0. The molecule has 0 aromatic rings. The Morgan fingerprint density at radius 3 is 2.23 bits per heavy atom. The SMILES string of the molecule is C=N/C(=C\N=C(/C)OC)C(C)(C)C. The van der Waals surface area contributed by atoms with Crippen LogP contribution in [-0.4, -0.2) is 19.7 Å². The maximum atomic E-state index is 4.90. The molecule has 0 aromatic carbocycles. The summed E-state index contributed by atoms with van der Waals surface area (Å²) in [5, 5.41) is 0. The standard InChI is InChI=1S/C10H18N2O/c1-8(13-6)12-7-9(11-5)10(2,3)4/h7H,5H2,1-4,6H3/b9-7-,12-8+. The number of aliphatic imine (C=N–C) groups is 2. The molecule has 0 radical (unpaired) electrons. The van der Waals surface area contributed by atoms with E-state index in [0.29, 0.717) is 5.90 Å². The highest BCUT2D eigenvalue weighted by Gasteiger charge is 2.15. The van der Waals surface area contributed by atoms with Crippen LogP contribution >= 0.6 is 0 Å². The zero-order chi connectivity index (χ0) is 10.5. The van der Waals surface area contributed by atoms with Crippen LogP contribution in [0.1, 0.15) is 27.7 Å². The Balaban J connectivity index is 4.69. The number of rotatable bonds is 2. The summed E-state index contributed by atoms with van der Waals surface area (Å²) in [5.74, 6) is 0.616. The molecule has 0 rings (SSSR count). The second kappa shape index (κ2) is 4.80. The fraction of sp³-hybridized carbons (Fsp3) is 0.600. The van der Waals surface area contributed by atoms with Crippen LogP contribution in [0.15, 0.2) is 21.9 Å². The van der Waals surface area contributed by atoms with Gasteiger partial charge in [-0.05, 0) is 6.72 Å².